The Balaban J connectivity index is 0.00000312. The molecule has 7 heteroatoms. The average molecular weight is 458 g/mol. The van der Waals surface area contributed by atoms with Crippen molar-refractivity contribution in [1.29, 1.82) is 0 Å². The maximum Gasteiger partial charge on any atom is 0.213 e. The zero-order valence-electron chi connectivity index (χ0n) is 14.5. The van der Waals surface area contributed by atoms with Crippen LogP contribution in [-0.2, 0) is 13.0 Å². The van der Waals surface area contributed by atoms with E-state index in [0.29, 0.717) is 12.4 Å². The molecule has 1 aromatic carbocycles. The van der Waals surface area contributed by atoms with Gasteiger partial charge in [-0.05, 0) is 42.7 Å². The van der Waals surface area contributed by atoms with Crippen molar-refractivity contribution in [3.8, 4) is 5.88 Å². The standard InChI is InChI=1S/C18H23FN4O.HI/c1-3-20-18(22-11-8-14-4-6-16(19)7-5-14)23-13-15-9-10-21-17(12-15)24-2;/h4-7,9-10,12H,3,8,11,13H2,1-2H3,(H2,20,22,23);1H. The average Bonchev–Trinajstić information content (AvgIpc) is 2.61. The van der Waals surface area contributed by atoms with Crippen molar-refractivity contribution in [3.63, 3.8) is 0 Å². The van der Waals surface area contributed by atoms with E-state index in [4.69, 9.17) is 4.74 Å². The Morgan fingerprint density at radius 2 is 1.92 bits per heavy atom. The third-order valence-electron chi connectivity index (χ3n) is 3.39. The number of benzene rings is 1. The molecule has 136 valence electrons. The van der Waals surface area contributed by atoms with E-state index in [1.807, 2.05) is 19.1 Å². The maximum atomic E-state index is 12.9. The molecule has 0 radical (unpaired) electrons. The number of nitrogens with one attached hydrogen (secondary N) is 2. The summed E-state index contributed by atoms with van der Waals surface area (Å²) in [7, 11) is 1.59. The number of pyridine rings is 1. The molecule has 2 N–H and O–H groups in total. The van der Waals surface area contributed by atoms with E-state index in [1.165, 1.54) is 12.1 Å². The second kappa shape index (κ2) is 11.6. The van der Waals surface area contributed by atoms with Gasteiger partial charge in [0.15, 0.2) is 5.96 Å². The summed E-state index contributed by atoms with van der Waals surface area (Å²) >= 11 is 0. The molecule has 0 saturated carbocycles. The first kappa shape index (κ1) is 21.1. The lowest BCUT2D eigenvalue weighted by molar-refractivity contribution is 0.397. The number of rotatable bonds is 7. The Labute approximate surface area is 165 Å². The van der Waals surface area contributed by atoms with Crippen molar-refractivity contribution in [3.05, 3.63) is 59.5 Å². The van der Waals surface area contributed by atoms with Crippen molar-refractivity contribution >= 4 is 29.9 Å². The van der Waals surface area contributed by atoms with Crippen LogP contribution < -0.4 is 15.4 Å². The molecule has 25 heavy (non-hydrogen) atoms. The fraction of sp³-hybridized carbons (Fsp3) is 0.333. The third kappa shape index (κ3) is 7.68. The SMILES string of the molecule is CCNC(=NCc1ccnc(OC)c1)NCCc1ccc(F)cc1.I. The zero-order valence-corrected chi connectivity index (χ0v) is 16.8. The van der Waals surface area contributed by atoms with Gasteiger partial charge in [0.25, 0.3) is 0 Å². The summed E-state index contributed by atoms with van der Waals surface area (Å²) in [5, 5.41) is 6.49. The summed E-state index contributed by atoms with van der Waals surface area (Å²) < 4.78 is 18.0. The highest BCUT2D eigenvalue weighted by atomic mass is 127. The molecular formula is C18H24FIN4O. The van der Waals surface area contributed by atoms with Crippen LogP contribution in [0.3, 0.4) is 0 Å². The Morgan fingerprint density at radius 1 is 1.16 bits per heavy atom. The molecular weight excluding hydrogens is 434 g/mol. The van der Waals surface area contributed by atoms with E-state index in [0.717, 1.165) is 36.6 Å². The van der Waals surface area contributed by atoms with Gasteiger partial charge in [-0.3, -0.25) is 0 Å². The van der Waals surface area contributed by atoms with Gasteiger partial charge in [0.1, 0.15) is 5.82 Å². The highest BCUT2D eigenvalue weighted by Crippen LogP contribution is 2.09. The van der Waals surface area contributed by atoms with Crippen LogP contribution in [0.15, 0.2) is 47.6 Å². The van der Waals surface area contributed by atoms with Crippen LogP contribution in [0.5, 0.6) is 5.88 Å². The highest BCUT2D eigenvalue weighted by molar-refractivity contribution is 14.0. The minimum atomic E-state index is -0.214. The first-order valence-electron chi connectivity index (χ1n) is 7.97. The molecule has 0 aliphatic rings. The molecule has 0 aliphatic heterocycles. The molecule has 0 spiro atoms. The molecule has 0 amide bonds. The van der Waals surface area contributed by atoms with E-state index >= 15 is 0 Å². The van der Waals surface area contributed by atoms with Crippen molar-refractivity contribution in [2.24, 2.45) is 4.99 Å². The fourth-order valence-corrected chi connectivity index (χ4v) is 2.15. The molecule has 0 saturated heterocycles. The van der Waals surface area contributed by atoms with Crippen LogP contribution in [0.1, 0.15) is 18.1 Å². The minimum Gasteiger partial charge on any atom is -0.481 e. The van der Waals surface area contributed by atoms with Gasteiger partial charge in [-0.1, -0.05) is 12.1 Å². The fourth-order valence-electron chi connectivity index (χ4n) is 2.15. The summed E-state index contributed by atoms with van der Waals surface area (Å²) in [6, 6.07) is 10.3. The van der Waals surface area contributed by atoms with Gasteiger partial charge in [0.2, 0.25) is 5.88 Å². The number of halogens is 2. The zero-order chi connectivity index (χ0) is 17.2. The van der Waals surface area contributed by atoms with Crippen LogP contribution in [0.2, 0.25) is 0 Å². The van der Waals surface area contributed by atoms with E-state index in [1.54, 1.807) is 25.4 Å². The topological polar surface area (TPSA) is 58.5 Å². The smallest absolute Gasteiger partial charge is 0.213 e. The summed E-state index contributed by atoms with van der Waals surface area (Å²) in [4.78, 5) is 8.64. The predicted molar refractivity (Wildman–Crippen MR) is 109 cm³/mol. The molecule has 0 aliphatic carbocycles. The monoisotopic (exact) mass is 458 g/mol. The lowest BCUT2D eigenvalue weighted by Gasteiger charge is -2.11. The van der Waals surface area contributed by atoms with Gasteiger partial charge in [-0.25, -0.2) is 14.4 Å². The van der Waals surface area contributed by atoms with Gasteiger partial charge in [0.05, 0.1) is 13.7 Å². The molecule has 0 unspecified atom stereocenters. The quantitative estimate of drug-likeness (QED) is 0.381. The molecule has 1 heterocycles. The van der Waals surface area contributed by atoms with Gasteiger partial charge in [-0.15, -0.1) is 24.0 Å². The summed E-state index contributed by atoms with van der Waals surface area (Å²) in [6.45, 7) is 4.05. The highest BCUT2D eigenvalue weighted by Gasteiger charge is 2.00. The van der Waals surface area contributed by atoms with Crippen molar-refractivity contribution < 1.29 is 9.13 Å². The van der Waals surface area contributed by atoms with E-state index in [-0.39, 0.29) is 29.8 Å². The number of ether oxygens (including phenoxy) is 1. The van der Waals surface area contributed by atoms with E-state index in [2.05, 4.69) is 20.6 Å². The predicted octanol–water partition coefficient (Wildman–Crippen LogP) is 3.15. The first-order chi connectivity index (χ1) is 11.7. The summed E-state index contributed by atoms with van der Waals surface area (Å²) in [5.41, 5.74) is 2.11. The van der Waals surface area contributed by atoms with Crippen LogP contribution in [-0.4, -0.2) is 31.1 Å². The van der Waals surface area contributed by atoms with Crippen LogP contribution in [0, 0.1) is 5.82 Å². The van der Waals surface area contributed by atoms with Gasteiger partial charge >= 0.3 is 0 Å². The largest absolute Gasteiger partial charge is 0.481 e. The molecule has 0 fully saturated rings. The van der Waals surface area contributed by atoms with Gasteiger partial charge in [-0.2, -0.15) is 0 Å². The first-order valence-corrected chi connectivity index (χ1v) is 7.97. The molecule has 5 nitrogen and oxygen atoms in total. The van der Waals surface area contributed by atoms with Crippen LogP contribution in [0.4, 0.5) is 4.39 Å². The Hall–Kier alpha value is -1.90. The van der Waals surface area contributed by atoms with Crippen molar-refractivity contribution in [2.45, 2.75) is 19.9 Å². The van der Waals surface area contributed by atoms with E-state index < -0.39 is 0 Å². The second-order valence-corrected chi connectivity index (χ2v) is 5.20. The summed E-state index contributed by atoms with van der Waals surface area (Å²) in [5.74, 6) is 1.11. The lowest BCUT2D eigenvalue weighted by Crippen LogP contribution is -2.38. The van der Waals surface area contributed by atoms with Crippen molar-refractivity contribution in [1.82, 2.24) is 15.6 Å². The third-order valence-corrected chi connectivity index (χ3v) is 3.39. The number of nitrogens with zero attached hydrogens (tertiary/aromatic N) is 2. The number of hydrogen-bond acceptors (Lipinski definition) is 3. The molecule has 2 rings (SSSR count). The second-order valence-electron chi connectivity index (χ2n) is 5.20. The number of guanidine groups is 1. The normalized spacial score (nSPS) is 10.8. The number of aliphatic imine (C=N–C) groups is 1. The maximum absolute atomic E-state index is 12.9. The lowest BCUT2D eigenvalue weighted by atomic mass is 10.1. The van der Waals surface area contributed by atoms with Crippen LogP contribution in [0.25, 0.3) is 0 Å². The Morgan fingerprint density at radius 3 is 2.60 bits per heavy atom. The number of aromatic nitrogens is 1. The Bertz CT molecular complexity index is 664. The minimum absolute atomic E-state index is 0. The number of methoxy groups -OCH3 is 1. The number of hydrogen-bond donors (Lipinski definition) is 2. The molecule has 2 aromatic rings. The van der Waals surface area contributed by atoms with E-state index in [9.17, 15) is 4.39 Å². The van der Waals surface area contributed by atoms with Gasteiger partial charge in [0, 0.05) is 25.4 Å². The molecule has 1 aromatic heterocycles. The Kier molecular flexibility index (Phi) is 9.83. The van der Waals surface area contributed by atoms with Crippen molar-refractivity contribution in [2.75, 3.05) is 20.2 Å². The molecule has 0 atom stereocenters. The molecule has 0 bridgehead atoms. The summed E-state index contributed by atoms with van der Waals surface area (Å²) in [6.07, 6.45) is 2.51. The van der Waals surface area contributed by atoms with Gasteiger partial charge < -0.3 is 15.4 Å². The van der Waals surface area contributed by atoms with Crippen LogP contribution >= 0.6 is 24.0 Å².